The van der Waals surface area contributed by atoms with Crippen LogP contribution < -0.4 is 15.5 Å². The van der Waals surface area contributed by atoms with Gasteiger partial charge in [-0.1, -0.05) is 18.1 Å². The maximum absolute atomic E-state index is 10.3. The van der Waals surface area contributed by atoms with E-state index >= 15 is 0 Å². The zero-order valence-corrected chi connectivity index (χ0v) is 22.7. The number of anilines is 3. The van der Waals surface area contributed by atoms with Gasteiger partial charge in [-0.15, -0.1) is 10.2 Å². The molecule has 202 valence electrons. The lowest BCUT2D eigenvalue weighted by Gasteiger charge is -2.34. The first-order chi connectivity index (χ1) is 19.0. The minimum atomic E-state index is 0.170. The fraction of sp³-hybridized carbons (Fsp3) is 0.467. The van der Waals surface area contributed by atoms with E-state index in [1.54, 1.807) is 12.1 Å². The second kappa shape index (κ2) is 10.7. The Morgan fingerprint density at radius 1 is 1.00 bits per heavy atom. The molecule has 0 aliphatic carbocycles. The number of nitrogens with zero attached hydrogens (tertiary/aromatic N) is 7. The maximum atomic E-state index is 10.3. The van der Waals surface area contributed by atoms with Crippen molar-refractivity contribution >= 4 is 17.3 Å². The van der Waals surface area contributed by atoms with Crippen LogP contribution in [-0.4, -0.2) is 75.0 Å². The first kappa shape index (κ1) is 25.4. The largest absolute Gasteiger partial charge is 0.507 e. The highest BCUT2D eigenvalue weighted by Gasteiger charge is 2.37. The van der Waals surface area contributed by atoms with E-state index < -0.39 is 0 Å². The summed E-state index contributed by atoms with van der Waals surface area (Å²) in [6.45, 7) is 4.58. The van der Waals surface area contributed by atoms with Gasteiger partial charge in [-0.2, -0.15) is 0 Å². The lowest BCUT2D eigenvalue weighted by Crippen LogP contribution is -2.39. The predicted octanol–water partition coefficient (Wildman–Crippen LogP) is 3.55. The molecule has 2 aromatic heterocycles. The van der Waals surface area contributed by atoms with Crippen molar-refractivity contribution in [3.63, 3.8) is 0 Å². The molecular weight excluding hydrogens is 488 g/mol. The van der Waals surface area contributed by atoms with E-state index in [2.05, 4.69) is 55.7 Å². The summed E-state index contributed by atoms with van der Waals surface area (Å²) in [5.41, 5.74) is 8.35. The van der Waals surface area contributed by atoms with E-state index in [1.807, 2.05) is 30.5 Å². The molecule has 3 saturated heterocycles. The highest BCUT2D eigenvalue weighted by Crippen LogP contribution is 2.37. The van der Waals surface area contributed by atoms with Crippen molar-refractivity contribution in [1.29, 1.82) is 0 Å². The highest BCUT2D eigenvalue weighted by molar-refractivity contribution is 5.74. The number of phenols is 1. The van der Waals surface area contributed by atoms with Crippen molar-refractivity contribution in [2.45, 2.75) is 57.2 Å². The minimum Gasteiger partial charge on any atom is -0.507 e. The second-order valence-electron chi connectivity index (χ2n) is 11.1. The van der Waals surface area contributed by atoms with Gasteiger partial charge < -0.3 is 25.5 Å². The van der Waals surface area contributed by atoms with Crippen molar-refractivity contribution in [2.24, 2.45) is 5.92 Å². The van der Waals surface area contributed by atoms with Crippen LogP contribution in [0.25, 0.3) is 11.3 Å². The number of phenolic OH excluding ortho intramolecular Hbond substituents is 1. The molecule has 5 heterocycles. The molecular formula is C30H36N8O. The van der Waals surface area contributed by atoms with Crippen LogP contribution in [0.1, 0.15) is 44.9 Å². The number of nitrogens with two attached hydrogens (primary N) is 1. The van der Waals surface area contributed by atoms with Crippen LogP contribution in [0.5, 0.6) is 5.75 Å². The third kappa shape index (κ3) is 5.21. The van der Waals surface area contributed by atoms with Gasteiger partial charge in [-0.25, -0.2) is 9.97 Å². The van der Waals surface area contributed by atoms with Gasteiger partial charge in [-0.3, -0.25) is 0 Å². The van der Waals surface area contributed by atoms with Gasteiger partial charge in [0.1, 0.15) is 11.6 Å². The number of nitrogen functional groups attached to an aromatic ring is 1. The quantitative estimate of drug-likeness (QED) is 0.497. The zero-order chi connectivity index (χ0) is 26.9. The predicted molar refractivity (Wildman–Crippen MR) is 153 cm³/mol. The van der Waals surface area contributed by atoms with Crippen molar-refractivity contribution in [3.05, 3.63) is 48.4 Å². The first-order valence-corrected chi connectivity index (χ1v) is 14.0. The van der Waals surface area contributed by atoms with Crippen LogP contribution in [0.4, 0.5) is 17.3 Å². The fourth-order valence-electron chi connectivity index (χ4n) is 6.37. The first-order valence-electron chi connectivity index (χ1n) is 14.0. The molecule has 1 aromatic carbocycles. The summed E-state index contributed by atoms with van der Waals surface area (Å²) in [4.78, 5) is 16.5. The number of benzene rings is 1. The van der Waals surface area contributed by atoms with Gasteiger partial charge in [0.2, 0.25) is 5.82 Å². The molecule has 2 bridgehead atoms. The molecule has 3 N–H and O–H groups in total. The van der Waals surface area contributed by atoms with E-state index in [4.69, 9.17) is 10.7 Å². The summed E-state index contributed by atoms with van der Waals surface area (Å²) < 4.78 is 0. The lowest BCUT2D eigenvalue weighted by molar-refractivity contribution is 0.155. The maximum Gasteiger partial charge on any atom is 0.206 e. The van der Waals surface area contributed by atoms with Crippen molar-refractivity contribution in [2.75, 3.05) is 42.2 Å². The number of fused-ring (bicyclic) bond motifs is 2. The SMILES string of the molecule is CC1CCN(c2cc(-c3ccccc3O)nnc2N)CCN1c1ccnc(C#CC2CC3CCC(C2)N3C)n1. The molecule has 3 atom stereocenters. The van der Waals surface area contributed by atoms with Gasteiger partial charge in [0.25, 0.3) is 0 Å². The fourth-order valence-corrected chi connectivity index (χ4v) is 6.37. The molecule has 0 saturated carbocycles. The zero-order valence-electron chi connectivity index (χ0n) is 22.7. The van der Waals surface area contributed by atoms with Crippen molar-refractivity contribution in [1.82, 2.24) is 25.1 Å². The van der Waals surface area contributed by atoms with Crippen molar-refractivity contribution in [3.8, 4) is 28.8 Å². The Labute approximate surface area is 230 Å². The van der Waals surface area contributed by atoms with Crippen LogP contribution in [-0.2, 0) is 0 Å². The topological polar surface area (TPSA) is 108 Å². The van der Waals surface area contributed by atoms with E-state index in [1.165, 1.54) is 12.8 Å². The third-order valence-corrected chi connectivity index (χ3v) is 8.70. The number of piperidine rings is 1. The Kier molecular flexibility index (Phi) is 6.96. The molecule has 3 aromatic rings. The molecule has 0 radical (unpaired) electrons. The molecule has 3 aliphatic heterocycles. The molecule has 0 amide bonds. The molecule has 0 spiro atoms. The smallest absolute Gasteiger partial charge is 0.206 e. The summed E-state index contributed by atoms with van der Waals surface area (Å²) in [5.74, 6) is 9.28. The highest BCUT2D eigenvalue weighted by atomic mass is 16.3. The van der Waals surface area contributed by atoms with Gasteiger partial charge >= 0.3 is 0 Å². The van der Waals surface area contributed by atoms with Crippen LogP contribution in [0.15, 0.2) is 42.6 Å². The van der Waals surface area contributed by atoms with Crippen LogP contribution in [0.2, 0.25) is 0 Å². The minimum absolute atomic E-state index is 0.170. The second-order valence-corrected chi connectivity index (χ2v) is 11.1. The van der Waals surface area contributed by atoms with Gasteiger partial charge in [0, 0.05) is 55.4 Å². The molecule has 3 unspecified atom stereocenters. The van der Waals surface area contributed by atoms with Crippen molar-refractivity contribution < 1.29 is 5.11 Å². The summed E-state index contributed by atoms with van der Waals surface area (Å²) >= 11 is 0. The third-order valence-electron chi connectivity index (χ3n) is 8.70. The number of aromatic hydroxyl groups is 1. The lowest BCUT2D eigenvalue weighted by atomic mass is 9.92. The molecule has 3 aliphatic rings. The number of aromatic nitrogens is 4. The normalized spacial score (nSPS) is 25.2. The monoisotopic (exact) mass is 524 g/mol. The van der Waals surface area contributed by atoms with E-state index in [-0.39, 0.29) is 11.8 Å². The van der Waals surface area contributed by atoms with E-state index in [9.17, 15) is 5.11 Å². The molecule has 9 heteroatoms. The number of hydrogen-bond donors (Lipinski definition) is 2. The number of hydrogen-bond acceptors (Lipinski definition) is 9. The van der Waals surface area contributed by atoms with Gasteiger partial charge in [0.05, 0.1) is 11.4 Å². The van der Waals surface area contributed by atoms with Crippen LogP contribution in [0.3, 0.4) is 0 Å². The van der Waals surface area contributed by atoms with Crippen LogP contribution in [0, 0.1) is 17.8 Å². The molecule has 6 rings (SSSR count). The summed E-state index contributed by atoms with van der Waals surface area (Å²) in [5, 5.41) is 18.8. The van der Waals surface area contributed by atoms with Gasteiger partial charge in [-0.05, 0) is 76.3 Å². The average Bonchev–Trinajstić information content (AvgIpc) is 3.10. The molecule has 39 heavy (non-hydrogen) atoms. The van der Waals surface area contributed by atoms with Crippen LogP contribution >= 0.6 is 0 Å². The standard InChI is InChI=1S/C30H36N8O/c1-20-12-14-37(26-19-25(34-35-30(26)31)24-5-3-4-6-27(24)39)15-16-38(20)29-11-13-32-28(33-29)10-7-21-17-22-8-9-23(18-21)36(22)2/h3-6,11,13,19-23,39H,8-9,12,14-18H2,1-2H3,(H2,31,35). The Bertz CT molecular complexity index is 1390. The number of rotatable bonds is 3. The Morgan fingerprint density at radius 2 is 1.79 bits per heavy atom. The Hall–Kier alpha value is -3.90. The summed E-state index contributed by atoms with van der Waals surface area (Å²) in [6.07, 6.45) is 7.65. The molecule has 3 fully saturated rings. The summed E-state index contributed by atoms with van der Waals surface area (Å²) in [6, 6.07) is 12.7. The van der Waals surface area contributed by atoms with E-state index in [0.717, 1.165) is 50.4 Å². The Morgan fingerprint density at radius 3 is 2.59 bits per heavy atom. The summed E-state index contributed by atoms with van der Waals surface area (Å²) in [7, 11) is 2.26. The average molecular weight is 525 g/mol. The molecule has 9 nitrogen and oxygen atoms in total. The van der Waals surface area contributed by atoms with Gasteiger partial charge in [0.15, 0.2) is 5.82 Å². The Balaban J connectivity index is 1.17. The van der Waals surface area contributed by atoms with E-state index in [0.29, 0.717) is 40.9 Å². The number of para-hydroxylation sites is 1.